The third-order valence-electron chi connectivity index (χ3n) is 2.82. The van der Waals surface area contributed by atoms with Crippen molar-refractivity contribution in [2.45, 2.75) is 28.3 Å². The van der Waals surface area contributed by atoms with Crippen LogP contribution in [-0.2, 0) is 5.75 Å². The average Bonchev–Trinajstić information content (AvgIpc) is 3.01. The summed E-state index contributed by atoms with van der Waals surface area (Å²) >= 11 is 5.13. The maximum absolute atomic E-state index is 4.57. The molecule has 0 N–H and O–H groups in total. The number of fused-ring (bicyclic) bond motifs is 1. The van der Waals surface area contributed by atoms with Gasteiger partial charge in [-0.25, -0.2) is 4.98 Å². The highest BCUT2D eigenvalue weighted by Gasteiger charge is 2.10. The van der Waals surface area contributed by atoms with Gasteiger partial charge in [-0.05, 0) is 24.8 Å². The molecular weight excluding hydrogens is 308 g/mol. The lowest BCUT2D eigenvalue weighted by Crippen LogP contribution is -1.91. The van der Waals surface area contributed by atoms with Crippen LogP contribution in [0.15, 0.2) is 33.1 Å². The summed E-state index contributed by atoms with van der Waals surface area (Å²) in [6, 6.07) is 6.07. The molecule has 0 bridgehead atoms. The van der Waals surface area contributed by atoms with E-state index in [-0.39, 0.29) is 0 Å². The molecule has 0 radical (unpaired) electrons. The molecule has 0 aliphatic carbocycles. The minimum atomic E-state index is 0.864. The number of hydrogen-bond acceptors (Lipinski definition) is 6. The van der Waals surface area contributed by atoms with Gasteiger partial charge in [-0.3, -0.25) is 0 Å². The van der Waals surface area contributed by atoms with E-state index in [2.05, 4.69) is 39.6 Å². The van der Waals surface area contributed by atoms with Gasteiger partial charge in [0.05, 0.1) is 11.4 Å². The van der Waals surface area contributed by atoms with Gasteiger partial charge in [-0.1, -0.05) is 47.9 Å². The Morgan fingerprint density at radius 2 is 2.00 bits per heavy atom. The van der Waals surface area contributed by atoms with Crippen molar-refractivity contribution in [2.24, 2.45) is 0 Å². The van der Waals surface area contributed by atoms with Crippen LogP contribution in [-0.4, -0.2) is 25.3 Å². The first kappa shape index (κ1) is 13.9. The number of nitrogens with zero attached hydrogens (tertiary/aromatic N) is 4. The van der Waals surface area contributed by atoms with Gasteiger partial charge in [0.2, 0.25) is 0 Å². The lowest BCUT2D eigenvalue weighted by atomic mass is 10.4. The number of aromatic nitrogens is 4. The van der Waals surface area contributed by atoms with E-state index in [9.17, 15) is 0 Å². The second-order valence-corrected chi connectivity index (χ2v) is 7.84. The van der Waals surface area contributed by atoms with Crippen molar-refractivity contribution in [3.63, 3.8) is 0 Å². The van der Waals surface area contributed by atoms with Crippen LogP contribution < -0.4 is 0 Å². The maximum atomic E-state index is 4.57. The van der Waals surface area contributed by atoms with Crippen LogP contribution in [0.25, 0.3) is 5.65 Å². The topological polar surface area (TPSA) is 43.1 Å². The normalized spacial score (nSPS) is 11.3. The maximum Gasteiger partial charge on any atom is 0.175 e. The summed E-state index contributed by atoms with van der Waals surface area (Å²) in [6.07, 6.45) is 2.06. The monoisotopic (exact) mass is 322 g/mol. The van der Waals surface area contributed by atoms with E-state index in [0.717, 1.165) is 31.5 Å². The van der Waals surface area contributed by atoms with Crippen LogP contribution >= 0.6 is 34.9 Å². The summed E-state index contributed by atoms with van der Waals surface area (Å²) in [5.74, 6) is 1.90. The minimum absolute atomic E-state index is 0.864. The van der Waals surface area contributed by atoms with Gasteiger partial charge < -0.3 is 4.40 Å². The predicted molar refractivity (Wildman–Crippen MR) is 85.8 cm³/mol. The zero-order chi connectivity index (χ0) is 13.9. The first-order valence-corrected chi connectivity index (χ1v) is 9.08. The second-order valence-electron chi connectivity index (χ2n) is 4.13. The van der Waals surface area contributed by atoms with Gasteiger partial charge in [0.15, 0.2) is 8.68 Å². The van der Waals surface area contributed by atoms with E-state index in [1.807, 2.05) is 18.2 Å². The molecule has 0 fully saturated rings. The Hall–Kier alpha value is -1.05. The highest BCUT2D eigenvalue weighted by Crippen LogP contribution is 2.31. The summed E-state index contributed by atoms with van der Waals surface area (Å²) in [7, 11) is 0. The SMILES string of the molecule is CCSc1nnc(SCc2c(C)nc3ccccn23)s1. The molecule has 0 saturated heterocycles. The van der Waals surface area contributed by atoms with Crippen molar-refractivity contribution >= 4 is 40.5 Å². The molecule has 7 heteroatoms. The summed E-state index contributed by atoms with van der Waals surface area (Å²) in [5, 5.41) is 8.40. The van der Waals surface area contributed by atoms with Crippen LogP contribution in [0.2, 0.25) is 0 Å². The van der Waals surface area contributed by atoms with Crippen LogP contribution in [0.3, 0.4) is 0 Å². The average molecular weight is 322 g/mol. The minimum Gasteiger partial charge on any atom is -0.303 e. The summed E-state index contributed by atoms with van der Waals surface area (Å²) in [5.41, 5.74) is 3.31. The van der Waals surface area contributed by atoms with Crippen molar-refractivity contribution < 1.29 is 0 Å². The van der Waals surface area contributed by atoms with E-state index >= 15 is 0 Å². The Morgan fingerprint density at radius 3 is 2.80 bits per heavy atom. The molecule has 0 aliphatic heterocycles. The van der Waals surface area contributed by atoms with E-state index in [0.29, 0.717) is 0 Å². The summed E-state index contributed by atoms with van der Waals surface area (Å²) < 4.78 is 4.21. The fraction of sp³-hybridized carbons (Fsp3) is 0.308. The van der Waals surface area contributed by atoms with Crippen molar-refractivity contribution in [2.75, 3.05) is 5.75 Å². The molecule has 104 valence electrons. The molecule has 0 aromatic carbocycles. The first-order chi connectivity index (χ1) is 9.78. The highest BCUT2D eigenvalue weighted by molar-refractivity contribution is 8.02. The van der Waals surface area contributed by atoms with Gasteiger partial charge in [-0.2, -0.15) is 0 Å². The molecule has 0 unspecified atom stereocenters. The Bertz CT molecular complexity index is 719. The van der Waals surface area contributed by atoms with Crippen LogP contribution in [0, 0.1) is 6.92 Å². The quantitative estimate of drug-likeness (QED) is 0.667. The summed E-state index contributed by atoms with van der Waals surface area (Å²) in [4.78, 5) is 4.57. The highest BCUT2D eigenvalue weighted by atomic mass is 32.2. The lowest BCUT2D eigenvalue weighted by Gasteiger charge is -2.00. The molecule has 3 heterocycles. The zero-order valence-corrected chi connectivity index (χ0v) is 13.7. The Balaban J connectivity index is 1.77. The molecule has 0 aliphatic rings. The molecule has 20 heavy (non-hydrogen) atoms. The van der Waals surface area contributed by atoms with E-state index < -0.39 is 0 Å². The van der Waals surface area contributed by atoms with Crippen LogP contribution in [0.4, 0.5) is 0 Å². The predicted octanol–water partition coefficient (Wildman–Crippen LogP) is 3.90. The van der Waals surface area contributed by atoms with Crippen molar-refractivity contribution in [1.29, 1.82) is 0 Å². The lowest BCUT2D eigenvalue weighted by molar-refractivity contribution is 0.953. The van der Waals surface area contributed by atoms with Crippen LogP contribution in [0.1, 0.15) is 18.3 Å². The number of rotatable bonds is 5. The largest absolute Gasteiger partial charge is 0.303 e. The van der Waals surface area contributed by atoms with Gasteiger partial charge in [-0.15, -0.1) is 10.2 Å². The third kappa shape index (κ3) is 2.84. The molecule has 4 nitrogen and oxygen atoms in total. The smallest absolute Gasteiger partial charge is 0.175 e. The van der Waals surface area contributed by atoms with Gasteiger partial charge >= 0.3 is 0 Å². The number of imidazole rings is 1. The number of hydrogen-bond donors (Lipinski definition) is 0. The Labute approximate surface area is 130 Å². The van der Waals surface area contributed by atoms with Crippen molar-refractivity contribution in [3.8, 4) is 0 Å². The number of thioether (sulfide) groups is 2. The molecule has 0 amide bonds. The zero-order valence-electron chi connectivity index (χ0n) is 11.2. The number of pyridine rings is 1. The number of aryl methyl sites for hydroxylation is 1. The van der Waals surface area contributed by atoms with Gasteiger partial charge in [0.25, 0.3) is 0 Å². The van der Waals surface area contributed by atoms with Crippen molar-refractivity contribution in [3.05, 3.63) is 35.8 Å². The molecule has 3 aromatic heterocycles. The Kier molecular flexibility index (Phi) is 4.28. The fourth-order valence-electron chi connectivity index (χ4n) is 1.91. The summed E-state index contributed by atoms with van der Waals surface area (Å²) in [6.45, 7) is 4.18. The first-order valence-electron chi connectivity index (χ1n) is 6.29. The second kappa shape index (κ2) is 6.15. The molecular formula is C13H14N4S3. The molecule has 3 rings (SSSR count). The third-order valence-corrected chi connectivity index (χ3v) is 5.90. The molecule has 0 spiro atoms. The van der Waals surface area contributed by atoms with E-state index in [1.54, 1.807) is 34.9 Å². The van der Waals surface area contributed by atoms with Gasteiger partial charge in [0, 0.05) is 11.9 Å². The standard InChI is InChI=1S/C13H14N4S3/c1-3-18-12-15-16-13(20-12)19-8-10-9(2)14-11-6-4-5-7-17(10)11/h4-7H,3,8H2,1-2H3. The fourth-order valence-corrected chi connectivity index (χ4v) is 4.90. The van der Waals surface area contributed by atoms with Gasteiger partial charge in [0.1, 0.15) is 5.65 Å². The van der Waals surface area contributed by atoms with Crippen LogP contribution in [0.5, 0.6) is 0 Å². The molecule has 0 saturated carbocycles. The van der Waals surface area contributed by atoms with Crippen molar-refractivity contribution in [1.82, 2.24) is 19.6 Å². The van der Waals surface area contributed by atoms with E-state index in [1.165, 1.54) is 5.69 Å². The Morgan fingerprint density at radius 1 is 1.20 bits per heavy atom. The van der Waals surface area contributed by atoms with E-state index in [4.69, 9.17) is 0 Å². The molecule has 0 atom stereocenters. The molecule has 3 aromatic rings.